The fourth-order valence-electron chi connectivity index (χ4n) is 3.46. The first-order valence-corrected chi connectivity index (χ1v) is 11.7. The van der Waals surface area contributed by atoms with Gasteiger partial charge in [0.05, 0.1) is 35.8 Å². The van der Waals surface area contributed by atoms with Crippen molar-refractivity contribution >= 4 is 35.1 Å². The van der Waals surface area contributed by atoms with Crippen LogP contribution < -0.4 is 10.6 Å². The van der Waals surface area contributed by atoms with Crippen molar-refractivity contribution in [3.05, 3.63) is 69.2 Å². The molecule has 1 atom stereocenters. The summed E-state index contributed by atoms with van der Waals surface area (Å²) >= 11 is 12.1. The highest BCUT2D eigenvalue weighted by Gasteiger charge is 2.23. The van der Waals surface area contributed by atoms with Crippen LogP contribution in [0, 0.1) is 11.8 Å². The zero-order valence-electron chi connectivity index (χ0n) is 19.2. The minimum absolute atomic E-state index is 0.0448. The molecule has 34 heavy (non-hydrogen) atoms. The molecular formula is C25H28Cl2N4O3. The van der Waals surface area contributed by atoms with Crippen LogP contribution in [0.1, 0.15) is 21.5 Å². The van der Waals surface area contributed by atoms with E-state index in [1.165, 1.54) is 4.90 Å². The lowest BCUT2D eigenvalue weighted by atomic mass is 10.1. The second kappa shape index (κ2) is 12.6. The zero-order chi connectivity index (χ0) is 24.5. The van der Waals surface area contributed by atoms with Crippen molar-refractivity contribution in [2.45, 2.75) is 12.6 Å². The molecule has 0 aliphatic carbocycles. The number of urea groups is 1. The van der Waals surface area contributed by atoms with Gasteiger partial charge in [-0.15, -0.1) is 0 Å². The van der Waals surface area contributed by atoms with E-state index >= 15 is 0 Å². The molecule has 180 valence electrons. The lowest BCUT2D eigenvalue weighted by molar-refractivity contribution is -0.00993. The molecule has 2 N–H and O–H groups in total. The highest BCUT2D eigenvalue weighted by atomic mass is 35.5. The van der Waals surface area contributed by atoms with Gasteiger partial charge in [0, 0.05) is 44.9 Å². The van der Waals surface area contributed by atoms with Crippen molar-refractivity contribution in [1.82, 2.24) is 20.4 Å². The SMILES string of the molecule is CN(C)C(=O)c1ccc(C#CCNC(=O)NCC2COCCN2Cc2ccc(Cl)c(Cl)c2)cc1. The van der Waals surface area contributed by atoms with Crippen molar-refractivity contribution in [3.63, 3.8) is 0 Å². The van der Waals surface area contributed by atoms with E-state index in [4.69, 9.17) is 27.9 Å². The molecule has 2 aromatic carbocycles. The third-order valence-corrected chi connectivity index (χ3v) is 6.06. The van der Waals surface area contributed by atoms with Gasteiger partial charge in [-0.05, 0) is 42.0 Å². The van der Waals surface area contributed by atoms with Crippen LogP contribution in [0.5, 0.6) is 0 Å². The van der Waals surface area contributed by atoms with E-state index in [2.05, 4.69) is 27.4 Å². The normalized spacial score (nSPS) is 15.7. The summed E-state index contributed by atoms with van der Waals surface area (Å²) in [7, 11) is 3.42. The Morgan fingerprint density at radius 3 is 2.59 bits per heavy atom. The van der Waals surface area contributed by atoms with Crippen LogP contribution >= 0.6 is 23.2 Å². The monoisotopic (exact) mass is 502 g/mol. The Morgan fingerprint density at radius 1 is 1.12 bits per heavy atom. The minimum Gasteiger partial charge on any atom is -0.378 e. The van der Waals surface area contributed by atoms with Crippen molar-refractivity contribution in [1.29, 1.82) is 0 Å². The van der Waals surface area contributed by atoms with Crippen molar-refractivity contribution < 1.29 is 14.3 Å². The number of hydrogen-bond acceptors (Lipinski definition) is 4. The van der Waals surface area contributed by atoms with Gasteiger partial charge >= 0.3 is 6.03 Å². The van der Waals surface area contributed by atoms with Gasteiger partial charge in [0.25, 0.3) is 5.91 Å². The van der Waals surface area contributed by atoms with Crippen LogP contribution in [0.25, 0.3) is 0 Å². The molecule has 7 nitrogen and oxygen atoms in total. The van der Waals surface area contributed by atoms with Crippen LogP contribution in [0.15, 0.2) is 42.5 Å². The number of halogens is 2. The molecule has 0 aromatic heterocycles. The van der Waals surface area contributed by atoms with Crippen molar-refractivity contribution in [2.75, 3.05) is 46.9 Å². The van der Waals surface area contributed by atoms with E-state index in [1.807, 2.05) is 12.1 Å². The van der Waals surface area contributed by atoms with Crippen LogP contribution in [0.4, 0.5) is 4.79 Å². The first kappa shape index (κ1) is 25.9. The van der Waals surface area contributed by atoms with E-state index in [0.717, 1.165) is 17.7 Å². The third kappa shape index (κ3) is 7.64. The Labute approximate surface area is 210 Å². The van der Waals surface area contributed by atoms with Crippen LogP contribution in [-0.2, 0) is 11.3 Å². The van der Waals surface area contributed by atoms with Gasteiger partial charge in [-0.2, -0.15) is 0 Å². The maximum absolute atomic E-state index is 12.2. The maximum atomic E-state index is 12.2. The average Bonchev–Trinajstić information content (AvgIpc) is 2.83. The van der Waals surface area contributed by atoms with E-state index in [1.54, 1.807) is 44.4 Å². The molecule has 1 fully saturated rings. The summed E-state index contributed by atoms with van der Waals surface area (Å²) in [6, 6.07) is 12.4. The van der Waals surface area contributed by atoms with Crippen LogP contribution in [0.2, 0.25) is 10.0 Å². The molecule has 0 saturated carbocycles. The molecule has 1 aliphatic rings. The molecule has 1 unspecified atom stereocenters. The van der Waals surface area contributed by atoms with Crippen LogP contribution in [0.3, 0.4) is 0 Å². The average molecular weight is 503 g/mol. The summed E-state index contributed by atoms with van der Waals surface area (Å²) in [4.78, 5) is 27.9. The zero-order valence-corrected chi connectivity index (χ0v) is 20.7. The highest BCUT2D eigenvalue weighted by molar-refractivity contribution is 6.42. The standard InChI is InChI=1S/C25H28Cl2N4O3/c1-30(2)24(32)20-8-5-18(6-9-20)4-3-11-28-25(33)29-15-21-17-34-13-12-31(21)16-19-7-10-22(26)23(27)14-19/h5-10,14,21H,11-13,15-17H2,1-2H3,(H2,28,29,33). The number of carbonyl (C=O) groups is 2. The minimum atomic E-state index is -0.290. The molecule has 0 radical (unpaired) electrons. The first-order valence-electron chi connectivity index (χ1n) is 10.9. The topological polar surface area (TPSA) is 73.9 Å². The molecule has 1 saturated heterocycles. The number of rotatable bonds is 6. The molecular weight excluding hydrogens is 475 g/mol. The smallest absolute Gasteiger partial charge is 0.315 e. The number of nitrogens with one attached hydrogen (secondary N) is 2. The lowest BCUT2D eigenvalue weighted by Gasteiger charge is -2.35. The summed E-state index contributed by atoms with van der Waals surface area (Å²) in [5.74, 6) is 5.84. The maximum Gasteiger partial charge on any atom is 0.315 e. The summed E-state index contributed by atoms with van der Waals surface area (Å²) in [5.41, 5.74) is 2.43. The Bertz CT molecular complexity index is 1060. The quantitative estimate of drug-likeness (QED) is 0.594. The molecule has 0 spiro atoms. The van der Waals surface area contributed by atoms with Gasteiger partial charge in [0.2, 0.25) is 0 Å². The number of amides is 3. The number of morpholine rings is 1. The van der Waals surface area contributed by atoms with E-state index in [-0.39, 0.29) is 24.5 Å². The number of benzene rings is 2. The number of ether oxygens (including phenoxy) is 1. The molecule has 1 aliphatic heterocycles. The molecule has 1 heterocycles. The highest BCUT2D eigenvalue weighted by Crippen LogP contribution is 2.24. The lowest BCUT2D eigenvalue weighted by Crippen LogP contribution is -2.52. The van der Waals surface area contributed by atoms with Gasteiger partial charge in [0.1, 0.15) is 0 Å². The van der Waals surface area contributed by atoms with Gasteiger partial charge in [-0.3, -0.25) is 9.69 Å². The molecule has 0 bridgehead atoms. The fraction of sp³-hybridized carbons (Fsp3) is 0.360. The molecule has 3 amide bonds. The number of hydrogen-bond donors (Lipinski definition) is 2. The van der Waals surface area contributed by atoms with Gasteiger partial charge < -0.3 is 20.3 Å². The van der Waals surface area contributed by atoms with E-state index in [9.17, 15) is 9.59 Å². The Hall–Kier alpha value is -2.76. The number of nitrogens with zero attached hydrogens (tertiary/aromatic N) is 2. The predicted molar refractivity (Wildman–Crippen MR) is 134 cm³/mol. The summed E-state index contributed by atoms with van der Waals surface area (Å²) in [6.45, 7) is 3.29. The fourth-order valence-corrected chi connectivity index (χ4v) is 3.78. The van der Waals surface area contributed by atoms with E-state index < -0.39 is 0 Å². The predicted octanol–water partition coefficient (Wildman–Crippen LogP) is 3.25. The first-order chi connectivity index (χ1) is 16.3. The van der Waals surface area contributed by atoms with Crippen molar-refractivity contribution in [2.24, 2.45) is 0 Å². The summed E-state index contributed by atoms with van der Waals surface area (Å²) in [6.07, 6.45) is 0. The summed E-state index contributed by atoms with van der Waals surface area (Å²) in [5, 5.41) is 6.69. The molecule has 9 heteroatoms. The second-order valence-electron chi connectivity index (χ2n) is 8.09. The second-order valence-corrected chi connectivity index (χ2v) is 8.90. The largest absolute Gasteiger partial charge is 0.378 e. The molecule has 3 rings (SSSR count). The van der Waals surface area contributed by atoms with Gasteiger partial charge in [0.15, 0.2) is 0 Å². The van der Waals surface area contributed by atoms with E-state index in [0.29, 0.717) is 41.9 Å². The van der Waals surface area contributed by atoms with Gasteiger partial charge in [-0.25, -0.2) is 4.79 Å². The molecule has 2 aromatic rings. The summed E-state index contributed by atoms with van der Waals surface area (Å²) < 4.78 is 5.60. The Kier molecular flexibility index (Phi) is 9.61. The van der Waals surface area contributed by atoms with Crippen LogP contribution in [-0.4, -0.2) is 74.7 Å². The Morgan fingerprint density at radius 2 is 1.88 bits per heavy atom. The number of carbonyl (C=O) groups excluding carboxylic acids is 2. The van der Waals surface area contributed by atoms with Crippen molar-refractivity contribution in [3.8, 4) is 11.8 Å². The van der Waals surface area contributed by atoms with Gasteiger partial charge in [-0.1, -0.05) is 41.1 Å². The third-order valence-electron chi connectivity index (χ3n) is 5.33. The Balaban J connectivity index is 1.44.